The molecule has 126 valence electrons. The van der Waals surface area contributed by atoms with Crippen molar-refractivity contribution < 1.29 is 0 Å². The average molecular weight is 349 g/mol. The van der Waals surface area contributed by atoms with Gasteiger partial charge >= 0.3 is 0 Å². The number of nitrogens with one attached hydrogen (secondary N) is 2. The molecular formula is C19H19N5S. The van der Waals surface area contributed by atoms with E-state index >= 15 is 0 Å². The Morgan fingerprint density at radius 1 is 1.16 bits per heavy atom. The molecule has 0 bridgehead atoms. The number of anilines is 1. The first-order valence-electron chi connectivity index (χ1n) is 7.92. The van der Waals surface area contributed by atoms with Crippen LogP contribution < -0.4 is 10.7 Å². The molecule has 0 saturated carbocycles. The van der Waals surface area contributed by atoms with E-state index in [1.165, 1.54) is 11.1 Å². The quantitative estimate of drug-likeness (QED) is 0.420. The van der Waals surface area contributed by atoms with Crippen LogP contribution in [0, 0.1) is 6.92 Å². The molecule has 0 unspecified atom stereocenters. The van der Waals surface area contributed by atoms with Gasteiger partial charge in [-0.15, -0.1) is 0 Å². The standard InChI is InChI=1S/C19H19N5S/c1-15-7-9-18(10-8-15)22-19(25)23-20-11-17-12-21-24(14-17)13-16-5-3-2-4-6-16/h2-12,14H,13H2,1H3,(H2,22,23,25)/b20-11-. The molecule has 25 heavy (non-hydrogen) atoms. The summed E-state index contributed by atoms with van der Waals surface area (Å²) in [6, 6.07) is 18.2. The lowest BCUT2D eigenvalue weighted by Gasteiger charge is -2.06. The lowest BCUT2D eigenvalue weighted by Crippen LogP contribution is -2.23. The van der Waals surface area contributed by atoms with Crippen LogP contribution in [-0.2, 0) is 6.54 Å². The first-order chi connectivity index (χ1) is 12.2. The summed E-state index contributed by atoms with van der Waals surface area (Å²) in [5, 5.41) is 12.0. The summed E-state index contributed by atoms with van der Waals surface area (Å²) >= 11 is 5.22. The van der Waals surface area contributed by atoms with Gasteiger partial charge in [-0.1, -0.05) is 48.0 Å². The largest absolute Gasteiger partial charge is 0.331 e. The molecule has 2 N–H and O–H groups in total. The number of hydrogen-bond donors (Lipinski definition) is 2. The molecule has 0 aliphatic carbocycles. The van der Waals surface area contributed by atoms with E-state index in [9.17, 15) is 0 Å². The van der Waals surface area contributed by atoms with E-state index in [4.69, 9.17) is 12.2 Å². The maximum Gasteiger partial charge on any atom is 0.191 e. The predicted octanol–water partition coefficient (Wildman–Crippen LogP) is 3.56. The Morgan fingerprint density at radius 3 is 2.68 bits per heavy atom. The number of nitrogens with zero attached hydrogens (tertiary/aromatic N) is 3. The van der Waals surface area contributed by atoms with Crippen LogP contribution in [0.25, 0.3) is 0 Å². The van der Waals surface area contributed by atoms with Gasteiger partial charge in [0.15, 0.2) is 5.11 Å². The summed E-state index contributed by atoms with van der Waals surface area (Å²) in [5.41, 5.74) is 7.04. The van der Waals surface area contributed by atoms with Crippen LogP contribution in [0.4, 0.5) is 5.69 Å². The summed E-state index contributed by atoms with van der Waals surface area (Å²) in [5.74, 6) is 0. The van der Waals surface area contributed by atoms with E-state index in [0.29, 0.717) is 5.11 Å². The van der Waals surface area contributed by atoms with Crippen molar-refractivity contribution in [2.75, 3.05) is 5.32 Å². The van der Waals surface area contributed by atoms with Gasteiger partial charge in [-0.05, 0) is 36.8 Å². The van der Waals surface area contributed by atoms with Crippen LogP contribution in [0.5, 0.6) is 0 Å². The van der Waals surface area contributed by atoms with Gasteiger partial charge in [0.25, 0.3) is 0 Å². The van der Waals surface area contributed by atoms with Crippen LogP contribution in [0.2, 0.25) is 0 Å². The van der Waals surface area contributed by atoms with E-state index in [-0.39, 0.29) is 0 Å². The van der Waals surface area contributed by atoms with Gasteiger partial charge in [-0.25, -0.2) is 0 Å². The van der Waals surface area contributed by atoms with Crippen molar-refractivity contribution in [2.45, 2.75) is 13.5 Å². The number of benzene rings is 2. The zero-order valence-corrected chi connectivity index (χ0v) is 14.7. The van der Waals surface area contributed by atoms with E-state index in [1.54, 1.807) is 12.4 Å². The summed E-state index contributed by atoms with van der Waals surface area (Å²) in [7, 11) is 0. The molecule has 6 heteroatoms. The Balaban J connectivity index is 1.50. The van der Waals surface area contributed by atoms with Gasteiger partial charge in [0.05, 0.1) is 19.0 Å². The Kier molecular flexibility index (Phi) is 5.53. The third-order valence-corrected chi connectivity index (χ3v) is 3.72. The second-order valence-corrected chi connectivity index (χ2v) is 6.06. The minimum atomic E-state index is 0.441. The molecule has 0 aliphatic rings. The van der Waals surface area contributed by atoms with Crippen molar-refractivity contribution in [3.8, 4) is 0 Å². The van der Waals surface area contributed by atoms with Gasteiger partial charge in [-0.3, -0.25) is 10.1 Å². The number of aryl methyl sites for hydroxylation is 1. The molecule has 0 atom stereocenters. The number of hydrazone groups is 1. The SMILES string of the molecule is Cc1ccc(NC(=S)N/N=C\c2cnn(Cc3ccccc3)c2)cc1. The molecule has 1 aromatic heterocycles. The molecule has 0 radical (unpaired) electrons. The highest BCUT2D eigenvalue weighted by Gasteiger charge is 1.98. The highest BCUT2D eigenvalue weighted by molar-refractivity contribution is 7.80. The van der Waals surface area contributed by atoms with Gasteiger partial charge in [-0.2, -0.15) is 10.2 Å². The maximum absolute atomic E-state index is 5.22. The maximum atomic E-state index is 5.22. The Hall–Kier alpha value is -2.99. The van der Waals surface area contributed by atoms with Gasteiger partial charge in [0.2, 0.25) is 0 Å². The number of hydrogen-bond acceptors (Lipinski definition) is 3. The van der Waals surface area contributed by atoms with E-state index < -0.39 is 0 Å². The summed E-state index contributed by atoms with van der Waals surface area (Å²) < 4.78 is 1.87. The molecule has 0 saturated heterocycles. The normalized spacial score (nSPS) is 10.8. The van der Waals surface area contributed by atoms with Crippen LogP contribution in [0.1, 0.15) is 16.7 Å². The van der Waals surface area contributed by atoms with E-state index in [1.807, 2.05) is 60.3 Å². The minimum Gasteiger partial charge on any atom is -0.331 e. The number of rotatable bonds is 5. The van der Waals surface area contributed by atoms with Crippen molar-refractivity contribution in [1.82, 2.24) is 15.2 Å². The molecule has 2 aromatic carbocycles. The average Bonchev–Trinajstić information content (AvgIpc) is 3.05. The molecule has 0 fully saturated rings. The fourth-order valence-corrected chi connectivity index (χ4v) is 2.44. The third-order valence-electron chi connectivity index (χ3n) is 3.53. The van der Waals surface area contributed by atoms with Gasteiger partial charge in [0.1, 0.15) is 0 Å². The van der Waals surface area contributed by atoms with E-state index in [2.05, 4.69) is 33.1 Å². The molecule has 3 aromatic rings. The molecule has 3 rings (SSSR count). The van der Waals surface area contributed by atoms with Gasteiger partial charge in [0, 0.05) is 17.4 Å². The van der Waals surface area contributed by atoms with Gasteiger partial charge < -0.3 is 5.32 Å². The number of thiocarbonyl (C=S) groups is 1. The summed E-state index contributed by atoms with van der Waals surface area (Å²) in [6.07, 6.45) is 5.40. The summed E-state index contributed by atoms with van der Waals surface area (Å²) in [4.78, 5) is 0. The molecule has 0 aliphatic heterocycles. The van der Waals surface area contributed by atoms with E-state index in [0.717, 1.165) is 17.8 Å². The topological polar surface area (TPSA) is 54.2 Å². The second kappa shape index (κ2) is 8.21. The van der Waals surface area contributed by atoms with Crippen molar-refractivity contribution in [2.24, 2.45) is 5.10 Å². The fraction of sp³-hybridized carbons (Fsp3) is 0.105. The Labute approximate surface area is 152 Å². The first-order valence-corrected chi connectivity index (χ1v) is 8.33. The van der Waals surface area contributed by atoms with Crippen molar-refractivity contribution in [1.29, 1.82) is 0 Å². The Morgan fingerprint density at radius 2 is 1.92 bits per heavy atom. The third kappa shape index (κ3) is 5.26. The Bertz CT molecular complexity index is 853. The zero-order chi connectivity index (χ0) is 17.5. The van der Waals surface area contributed by atoms with Crippen molar-refractivity contribution in [3.63, 3.8) is 0 Å². The van der Waals surface area contributed by atoms with Crippen LogP contribution in [0.3, 0.4) is 0 Å². The highest BCUT2D eigenvalue weighted by atomic mass is 32.1. The second-order valence-electron chi connectivity index (χ2n) is 5.65. The van der Waals surface area contributed by atoms with Crippen LogP contribution >= 0.6 is 12.2 Å². The lowest BCUT2D eigenvalue weighted by molar-refractivity contribution is 0.687. The highest BCUT2D eigenvalue weighted by Crippen LogP contribution is 2.08. The summed E-state index contributed by atoms with van der Waals surface area (Å²) in [6.45, 7) is 2.78. The van der Waals surface area contributed by atoms with Crippen molar-refractivity contribution in [3.05, 3.63) is 83.7 Å². The monoisotopic (exact) mass is 349 g/mol. The number of aromatic nitrogens is 2. The van der Waals surface area contributed by atoms with Crippen LogP contribution in [-0.4, -0.2) is 21.1 Å². The zero-order valence-electron chi connectivity index (χ0n) is 13.9. The fourth-order valence-electron chi connectivity index (χ4n) is 2.26. The molecule has 1 heterocycles. The van der Waals surface area contributed by atoms with Crippen molar-refractivity contribution >= 4 is 29.2 Å². The minimum absolute atomic E-state index is 0.441. The molecular weight excluding hydrogens is 330 g/mol. The van der Waals surface area contributed by atoms with Crippen LogP contribution in [0.15, 0.2) is 72.1 Å². The lowest BCUT2D eigenvalue weighted by atomic mass is 10.2. The molecule has 0 amide bonds. The smallest absolute Gasteiger partial charge is 0.191 e. The molecule has 5 nitrogen and oxygen atoms in total. The first kappa shape index (κ1) is 16.9. The molecule has 0 spiro atoms. The predicted molar refractivity (Wildman–Crippen MR) is 106 cm³/mol.